The van der Waals surface area contributed by atoms with Crippen LogP contribution in [0.25, 0.3) is 16.6 Å². The summed E-state index contributed by atoms with van der Waals surface area (Å²) >= 11 is 0. The Hall–Kier alpha value is -4.37. The van der Waals surface area contributed by atoms with Crippen LogP contribution in [0.2, 0.25) is 0 Å². The van der Waals surface area contributed by atoms with Crippen LogP contribution in [0, 0.1) is 23.2 Å². The van der Waals surface area contributed by atoms with Crippen molar-refractivity contribution in [2.24, 2.45) is 0 Å². The van der Waals surface area contributed by atoms with Crippen LogP contribution >= 0.6 is 0 Å². The van der Waals surface area contributed by atoms with Gasteiger partial charge in [-0.2, -0.15) is 10.4 Å². The number of nitrogens with zero attached hydrogens (tertiary/aromatic N) is 6. The van der Waals surface area contributed by atoms with Gasteiger partial charge in [0.1, 0.15) is 24.2 Å². The highest BCUT2D eigenvalue weighted by Gasteiger charge is 2.44. The zero-order valence-electron chi connectivity index (χ0n) is 22.1. The molecule has 2 unspecified atom stereocenters. The summed E-state index contributed by atoms with van der Waals surface area (Å²) in [6.07, 6.45) is 6.33. The van der Waals surface area contributed by atoms with Gasteiger partial charge in [-0.05, 0) is 50.6 Å². The van der Waals surface area contributed by atoms with Crippen LogP contribution in [-0.4, -0.2) is 68.5 Å². The number of aromatic nitrogens is 3. The second kappa shape index (κ2) is 10.1. The number of pyridine rings is 2. The van der Waals surface area contributed by atoms with E-state index in [0.717, 1.165) is 42.1 Å². The van der Waals surface area contributed by atoms with Gasteiger partial charge in [-0.15, -0.1) is 0 Å². The van der Waals surface area contributed by atoms with Crippen LogP contribution < -0.4 is 9.64 Å². The normalized spacial score (nSPS) is 18.7. The second-order valence-corrected chi connectivity index (χ2v) is 10.8. The number of piperidine rings is 1. The van der Waals surface area contributed by atoms with E-state index < -0.39 is 5.60 Å². The number of piperazine rings is 1. The first kappa shape index (κ1) is 24.9. The Bertz CT molecular complexity index is 1580. The quantitative estimate of drug-likeness (QED) is 0.389. The Morgan fingerprint density at radius 3 is 2.59 bits per heavy atom. The van der Waals surface area contributed by atoms with Gasteiger partial charge >= 0.3 is 0 Å². The second-order valence-electron chi connectivity index (χ2n) is 10.8. The largest absolute Gasteiger partial charge is 0.489 e. The number of aliphatic hydroxyl groups is 1. The summed E-state index contributed by atoms with van der Waals surface area (Å²) < 4.78 is 7.49. The number of benzene rings is 1. The number of hydrogen-bond donors (Lipinski definition) is 1. The van der Waals surface area contributed by atoms with E-state index >= 15 is 0 Å². The SMILES string of the molecule is CC(C)(O)COc1cc(-c2ccc(N3CC4CC(C3)N4CC#Cc3ccccc3)nc2)c2c(C#N)cnn2c1. The maximum absolute atomic E-state index is 10.1. The standard InChI is InChI=1S/C31H30N6O2/c1-31(2,38)21-39-27-14-28(30-24(15-32)17-34-37(30)20-27)23-10-11-29(33-16-23)35-18-25-13-26(19-35)36(25)12-6-9-22-7-4-3-5-8-22/h3-5,7-8,10-11,14,16-17,20,25-26,38H,12-13,18-19,21H2,1-2H3. The van der Waals surface area contributed by atoms with E-state index in [-0.39, 0.29) is 6.61 Å². The molecule has 0 saturated carbocycles. The van der Waals surface area contributed by atoms with Gasteiger partial charge in [-0.3, -0.25) is 4.90 Å². The Balaban J connectivity index is 1.18. The lowest BCUT2D eigenvalue weighted by atomic mass is 9.87. The van der Waals surface area contributed by atoms with Gasteiger partial charge in [-0.25, -0.2) is 9.50 Å². The molecule has 6 heterocycles. The minimum absolute atomic E-state index is 0.133. The minimum Gasteiger partial charge on any atom is -0.489 e. The minimum atomic E-state index is -0.973. The van der Waals surface area contributed by atoms with Gasteiger partial charge in [-0.1, -0.05) is 30.0 Å². The average Bonchev–Trinajstić information content (AvgIpc) is 3.37. The highest BCUT2D eigenvalue weighted by molar-refractivity contribution is 5.85. The molecule has 7 rings (SSSR count). The number of hydrogen-bond acceptors (Lipinski definition) is 7. The molecule has 0 spiro atoms. The van der Waals surface area contributed by atoms with Crippen molar-refractivity contribution in [3.05, 3.63) is 78.2 Å². The molecule has 1 N–H and O–H groups in total. The van der Waals surface area contributed by atoms with E-state index in [1.807, 2.05) is 54.7 Å². The number of rotatable bonds is 6. The first-order chi connectivity index (χ1) is 18.9. The van der Waals surface area contributed by atoms with E-state index in [1.165, 1.54) is 6.42 Å². The maximum Gasteiger partial charge on any atom is 0.138 e. The predicted molar refractivity (Wildman–Crippen MR) is 149 cm³/mol. The third kappa shape index (κ3) is 5.18. The van der Waals surface area contributed by atoms with Crippen LogP contribution in [0.3, 0.4) is 0 Å². The fourth-order valence-corrected chi connectivity index (χ4v) is 5.36. The highest BCUT2D eigenvalue weighted by atomic mass is 16.5. The zero-order valence-corrected chi connectivity index (χ0v) is 22.1. The molecule has 3 aliphatic rings. The van der Waals surface area contributed by atoms with Gasteiger partial charge in [0, 0.05) is 48.1 Å². The molecule has 2 atom stereocenters. The van der Waals surface area contributed by atoms with Crippen molar-refractivity contribution in [1.29, 1.82) is 5.26 Å². The third-order valence-electron chi connectivity index (χ3n) is 7.29. The van der Waals surface area contributed by atoms with E-state index in [9.17, 15) is 10.4 Å². The van der Waals surface area contributed by atoms with Crippen molar-refractivity contribution >= 4 is 11.3 Å². The molecule has 39 heavy (non-hydrogen) atoms. The molecule has 0 amide bonds. The smallest absolute Gasteiger partial charge is 0.138 e. The molecule has 0 radical (unpaired) electrons. The Kier molecular flexibility index (Phi) is 6.44. The topological polar surface area (TPSA) is 89.9 Å². The molecule has 4 aromatic rings. The van der Waals surface area contributed by atoms with Gasteiger partial charge < -0.3 is 14.7 Å². The van der Waals surface area contributed by atoms with Crippen LogP contribution in [0.1, 0.15) is 31.4 Å². The van der Waals surface area contributed by atoms with Crippen LogP contribution in [0.5, 0.6) is 5.75 Å². The average molecular weight is 519 g/mol. The summed E-state index contributed by atoms with van der Waals surface area (Å²) in [7, 11) is 0. The van der Waals surface area contributed by atoms with Gasteiger partial charge in [0.25, 0.3) is 0 Å². The first-order valence-corrected chi connectivity index (χ1v) is 13.2. The van der Waals surface area contributed by atoms with Crippen LogP contribution in [0.15, 0.2) is 67.1 Å². The van der Waals surface area contributed by atoms with Crippen LogP contribution in [0.4, 0.5) is 5.82 Å². The monoisotopic (exact) mass is 518 g/mol. The zero-order chi connectivity index (χ0) is 27.0. The Morgan fingerprint density at radius 1 is 1.10 bits per heavy atom. The molecule has 8 nitrogen and oxygen atoms in total. The van der Waals surface area contributed by atoms with E-state index in [2.05, 4.69) is 32.8 Å². The first-order valence-electron chi connectivity index (χ1n) is 13.2. The summed E-state index contributed by atoms with van der Waals surface area (Å²) in [6.45, 7) is 6.17. The van der Waals surface area contributed by atoms with Gasteiger partial charge in [0.15, 0.2) is 0 Å². The summed E-state index contributed by atoms with van der Waals surface area (Å²) in [5, 5.41) is 24.1. The Labute approximate surface area is 228 Å². The highest BCUT2D eigenvalue weighted by Crippen LogP contribution is 2.35. The molecule has 3 aliphatic heterocycles. The molecule has 3 aromatic heterocycles. The van der Waals surface area contributed by atoms with Crippen molar-refractivity contribution in [2.75, 3.05) is 31.1 Å². The van der Waals surface area contributed by atoms with Crippen LogP contribution in [-0.2, 0) is 0 Å². The summed E-state index contributed by atoms with van der Waals surface area (Å²) in [5.41, 5.74) is 2.94. The van der Waals surface area contributed by atoms with E-state index in [4.69, 9.17) is 9.72 Å². The molecule has 3 saturated heterocycles. The molecule has 2 bridgehead atoms. The summed E-state index contributed by atoms with van der Waals surface area (Å²) in [5.74, 6) is 8.12. The van der Waals surface area contributed by atoms with E-state index in [1.54, 1.807) is 30.8 Å². The fourth-order valence-electron chi connectivity index (χ4n) is 5.36. The number of fused-ring (bicyclic) bond motifs is 3. The lowest BCUT2D eigenvalue weighted by Crippen LogP contribution is -2.68. The van der Waals surface area contributed by atoms with Crippen molar-refractivity contribution in [2.45, 2.75) is 38.0 Å². The third-order valence-corrected chi connectivity index (χ3v) is 7.29. The number of anilines is 1. The number of ether oxygens (including phenoxy) is 1. The van der Waals surface area contributed by atoms with Crippen molar-refractivity contribution in [1.82, 2.24) is 19.5 Å². The fraction of sp³-hybridized carbons (Fsp3) is 0.323. The predicted octanol–water partition coefficient (Wildman–Crippen LogP) is 3.73. The lowest BCUT2D eigenvalue weighted by Gasteiger charge is -2.56. The lowest BCUT2D eigenvalue weighted by molar-refractivity contribution is 0.0125. The molecule has 8 heteroatoms. The molecule has 196 valence electrons. The maximum atomic E-state index is 10.1. The molecule has 1 aromatic carbocycles. The summed E-state index contributed by atoms with van der Waals surface area (Å²) in [6, 6.07) is 19.3. The molecule has 0 aliphatic carbocycles. The van der Waals surface area contributed by atoms with Crippen molar-refractivity contribution < 1.29 is 9.84 Å². The number of nitriles is 1. The van der Waals surface area contributed by atoms with Gasteiger partial charge in [0.2, 0.25) is 0 Å². The molecule has 3 fully saturated rings. The van der Waals surface area contributed by atoms with Crippen molar-refractivity contribution in [3.8, 4) is 34.8 Å². The molecular weight excluding hydrogens is 488 g/mol. The van der Waals surface area contributed by atoms with E-state index in [0.29, 0.717) is 28.9 Å². The van der Waals surface area contributed by atoms with Gasteiger partial charge in [0.05, 0.1) is 35.6 Å². The summed E-state index contributed by atoms with van der Waals surface area (Å²) in [4.78, 5) is 9.66. The molecular formula is C31H30N6O2. The Morgan fingerprint density at radius 2 is 1.90 bits per heavy atom. The van der Waals surface area contributed by atoms with Crippen molar-refractivity contribution in [3.63, 3.8) is 0 Å².